The van der Waals surface area contributed by atoms with Crippen molar-refractivity contribution < 1.29 is 19.5 Å². The molecule has 0 rings (SSSR count). The molecule has 0 amide bonds. The summed E-state index contributed by atoms with van der Waals surface area (Å²) in [6.45, 7) is 3.11. The Morgan fingerprint density at radius 1 is 1.33 bits per heavy atom. The Labute approximate surface area is 88.6 Å². The number of hydrogen-bond acceptors (Lipinski definition) is 4. The van der Waals surface area contributed by atoms with Crippen molar-refractivity contribution >= 4 is 17.5 Å². The molecule has 3 N–H and O–H groups in total. The highest BCUT2D eigenvalue weighted by Gasteiger charge is 2.16. The molecule has 0 fully saturated rings. The van der Waals surface area contributed by atoms with Gasteiger partial charge in [-0.3, -0.25) is 14.4 Å². The fourth-order valence-corrected chi connectivity index (χ4v) is 1.03. The van der Waals surface area contributed by atoms with Crippen molar-refractivity contribution in [2.45, 2.75) is 39.2 Å². The van der Waals surface area contributed by atoms with Crippen LogP contribution < -0.4 is 5.73 Å². The Morgan fingerprint density at radius 2 is 1.87 bits per heavy atom. The molecule has 2 atom stereocenters. The van der Waals surface area contributed by atoms with E-state index in [1.165, 1.54) is 6.92 Å². The standard InChI is InChI=1S/C10H17NO4/c1-6(7(2)12)5-8(13)3-4-9(11)10(14)15/h6,9H,3-5,11H2,1-2H3,(H,14,15). The van der Waals surface area contributed by atoms with E-state index in [0.29, 0.717) is 0 Å². The van der Waals surface area contributed by atoms with Crippen molar-refractivity contribution in [1.82, 2.24) is 0 Å². The molecule has 0 saturated carbocycles. The summed E-state index contributed by atoms with van der Waals surface area (Å²) in [5, 5.41) is 8.47. The molecule has 0 aromatic heterocycles. The Morgan fingerprint density at radius 3 is 2.27 bits per heavy atom. The molecule has 0 spiro atoms. The van der Waals surface area contributed by atoms with Crippen molar-refractivity contribution in [1.29, 1.82) is 0 Å². The van der Waals surface area contributed by atoms with E-state index in [2.05, 4.69) is 0 Å². The lowest BCUT2D eigenvalue weighted by molar-refractivity contribution is -0.138. The highest BCUT2D eigenvalue weighted by atomic mass is 16.4. The first kappa shape index (κ1) is 13.8. The molecule has 5 heteroatoms. The van der Waals surface area contributed by atoms with E-state index in [1.54, 1.807) is 6.92 Å². The van der Waals surface area contributed by atoms with Gasteiger partial charge >= 0.3 is 5.97 Å². The third-order valence-corrected chi connectivity index (χ3v) is 2.28. The van der Waals surface area contributed by atoms with Crippen molar-refractivity contribution in [3.63, 3.8) is 0 Å². The molecule has 0 aliphatic rings. The number of carboxylic acid groups (broad SMARTS) is 1. The highest BCUT2D eigenvalue weighted by molar-refractivity contribution is 5.86. The summed E-state index contributed by atoms with van der Waals surface area (Å²) in [5.74, 6) is -1.55. The van der Waals surface area contributed by atoms with E-state index in [0.717, 1.165) is 0 Å². The number of ketones is 2. The lowest BCUT2D eigenvalue weighted by atomic mass is 9.97. The third kappa shape index (κ3) is 5.96. The van der Waals surface area contributed by atoms with E-state index in [1.807, 2.05) is 0 Å². The summed E-state index contributed by atoms with van der Waals surface area (Å²) in [4.78, 5) is 32.5. The Balaban J connectivity index is 3.85. The number of hydrogen-bond donors (Lipinski definition) is 2. The maximum atomic E-state index is 11.3. The largest absolute Gasteiger partial charge is 0.480 e. The van der Waals surface area contributed by atoms with Crippen LogP contribution in [-0.4, -0.2) is 28.7 Å². The van der Waals surface area contributed by atoms with Gasteiger partial charge in [0.2, 0.25) is 0 Å². The van der Waals surface area contributed by atoms with Crippen molar-refractivity contribution in [3.8, 4) is 0 Å². The first-order chi connectivity index (χ1) is 6.84. The zero-order chi connectivity index (χ0) is 12.0. The van der Waals surface area contributed by atoms with Crippen LogP contribution in [0.1, 0.15) is 33.1 Å². The maximum Gasteiger partial charge on any atom is 0.320 e. The van der Waals surface area contributed by atoms with Crippen LogP contribution in [0.5, 0.6) is 0 Å². The number of Topliss-reactive ketones (excluding diaryl/α,β-unsaturated/α-hetero) is 2. The van der Waals surface area contributed by atoms with Crippen molar-refractivity contribution in [2.75, 3.05) is 0 Å². The minimum Gasteiger partial charge on any atom is -0.480 e. The van der Waals surface area contributed by atoms with Gasteiger partial charge in [0.15, 0.2) is 0 Å². The minimum atomic E-state index is -1.11. The molecule has 2 unspecified atom stereocenters. The van der Waals surface area contributed by atoms with Crippen LogP contribution in [0.2, 0.25) is 0 Å². The molecular weight excluding hydrogens is 198 g/mol. The van der Waals surface area contributed by atoms with Crippen LogP contribution in [0.3, 0.4) is 0 Å². The van der Waals surface area contributed by atoms with Gasteiger partial charge in [-0.1, -0.05) is 6.92 Å². The number of nitrogens with two attached hydrogens (primary N) is 1. The van der Waals surface area contributed by atoms with Crippen LogP contribution in [0.4, 0.5) is 0 Å². The van der Waals surface area contributed by atoms with E-state index in [9.17, 15) is 14.4 Å². The van der Waals surface area contributed by atoms with Crippen LogP contribution in [-0.2, 0) is 14.4 Å². The first-order valence-electron chi connectivity index (χ1n) is 4.85. The summed E-state index contributed by atoms with van der Waals surface area (Å²) < 4.78 is 0. The molecule has 0 aromatic carbocycles. The molecule has 0 aliphatic carbocycles. The summed E-state index contributed by atoms with van der Waals surface area (Å²) >= 11 is 0. The number of carbonyl (C=O) groups excluding carboxylic acids is 2. The quantitative estimate of drug-likeness (QED) is 0.639. The fourth-order valence-electron chi connectivity index (χ4n) is 1.03. The second-order valence-electron chi connectivity index (χ2n) is 3.74. The molecule has 86 valence electrons. The monoisotopic (exact) mass is 215 g/mol. The molecule has 0 aliphatic heterocycles. The van der Waals surface area contributed by atoms with Gasteiger partial charge in [0.05, 0.1) is 0 Å². The van der Waals surface area contributed by atoms with Crippen molar-refractivity contribution in [2.24, 2.45) is 11.7 Å². The van der Waals surface area contributed by atoms with Crippen LogP contribution in [0, 0.1) is 5.92 Å². The smallest absolute Gasteiger partial charge is 0.320 e. The highest BCUT2D eigenvalue weighted by Crippen LogP contribution is 2.07. The SMILES string of the molecule is CC(=O)C(C)CC(=O)CCC(N)C(=O)O. The molecule has 0 saturated heterocycles. The van der Waals surface area contributed by atoms with Crippen LogP contribution in [0.25, 0.3) is 0 Å². The van der Waals surface area contributed by atoms with Gasteiger partial charge in [0, 0.05) is 18.8 Å². The molecule has 0 bridgehead atoms. The number of rotatable bonds is 7. The molecule has 0 heterocycles. The summed E-state index contributed by atoms with van der Waals surface area (Å²) in [7, 11) is 0. The normalized spacial score (nSPS) is 14.3. The maximum absolute atomic E-state index is 11.3. The zero-order valence-electron chi connectivity index (χ0n) is 9.03. The van der Waals surface area contributed by atoms with E-state index >= 15 is 0 Å². The lowest BCUT2D eigenvalue weighted by Crippen LogP contribution is -2.30. The zero-order valence-corrected chi connectivity index (χ0v) is 9.03. The molecule has 5 nitrogen and oxygen atoms in total. The molecule has 0 aromatic rings. The van der Waals surface area contributed by atoms with Gasteiger partial charge in [-0.2, -0.15) is 0 Å². The lowest BCUT2D eigenvalue weighted by Gasteiger charge is -2.08. The Hall–Kier alpha value is -1.23. The first-order valence-corrected chi connectivity index (χ1v) is 4.85. The Kier molecular flexibility index (Phi) is 5.77. The predicted molar refractivity (Wildman–Crippen MR) is 54.3 cm³/mol. The number of carboxylic acids is 1. The summed E-state index contributed by atoms with van der Waals surface area (Å²) in [5.41, 5.74) is 5.24. The summed E-state index contributed by atoms with van der Waals surface area (Å²) in [6.07, 6.45) is 0.408. The minimum absolute atomic E-state index is 0.0362. The van der Waals surface area contributed by atoms with Crippen LogP contribution >= 0.6 is 0 Å². The van der Waals surface area contributed by atoms with E-state index in [4.69, 9.17) is 10.8 Å². The number of aliphatic carboxylic acids is 1. The predicted octanol–water partition coefficient (Wildman–Crippen LogP) is 0.363. The third-order valence-electron chi connectivity index (χ3n) is 2.28. The van der Waals surface area contributed by atoms with Crippen molar-refractivity contribution in [3.05, 3.63) is 0 Å². The van der Waals surface area contributed by atoms with Gasteiger partial charge < -0.3 is 10.8 Å². The Bertz CT molecular complexity index is 262. The summed E-state index contributed by atoms with van der Waals surface area (Å²) in [6, 6.07) is -0.999. The van der Waals surface area contributed by atoms with Gasteiger partial charge in [0.25, 0.3) is 0 Å². The van der Waals surface area contributed by atoms with E-state index < -0.39 is 12.0 Å². The average Bonchev–Trinajstić information content (AvgIpc) is 2.13. The van der Waals surface area contributed by atoms with Gasteiger partial charge in [-0.15, -0.1) is 0 Å². The fraction of sp³-hybridized carbons (Fsp3) is 0.700. The second kappa shape index (κ2) is 6.29. The molecule has 0 radical (unpaired) electrons. The molecule has 15 heavy (non-hydrogen) atoms. The van der Waals surface area contributed by atoms with E-state index in [-0.39, 0.29) is 36.7 Å². The second-order valence-corrected chi connectivity index (χ2v) is 3.74. The topological polar surface area (TPSA) is 97.5 Å². The van der Waals surface area contributed by atoms with Gasteiger partial charge in [-0.25, -0.2) is 0 Å². The average molecular weight is 215 g/mol. The van der Waals surface area contributed by atoms with Gasteiger partial charge in [0.1, 0.15) is 17.6 Å². The van der Waals surface area contributed by atoms with Crippen LogP contribution in [0.15, 0.2) is 0 Å². The molecular formula is C10H17NO4. The number of carbonyl (C=O) groups is 3. The van der Waals surface area contributed by atoms with Gasteiger partial charge in [-0.05, 0) is 13.3 Å².